The van der Waals surface area contributed by atoms with E-state index in [1.165, 1.54) is 0 Å². The fourth-order valence-corrected chi connectivity index (χ4v) is 3.80. The molecule has 19 heavy (non-hydrogen) atoms. The standard InChI is InChI=1S/C8H11ClN2O6S2/c9-8-6(11(13)14)5-7(18-8)19(15,16)10-1-3-17-4-2-12/h5,10,12H,1-4H2. The molecule has 0 aliphatic carbocycles. The van der Waals surface area contributed by atoms with Crippen LogP contribution in [0.15, 0.2) is 10.3 Å². The Hall–Kier alpha value is -0.780. The topological polar surface area (TPSA) is 119 Å². The molecule has 8 nitrogen and oxygen atoms in total. The molecule has 0 radical (unpaired) electrons. The van der Waals surface area contributed by atoms with Crippen LogP contribution in [0, 0.1) is 10.1 Å². The van der Waals surface area contributed by atoms with Crippen molar-refractivity contribution in [2.24, 2.45) is 0 Å². The molecule has 0 bridgehead atoms. The normalized spacial score (nSPS) is 11.7. The molecule has 0 amide bonds. The number of rotatable bonds is 8. The van der Waals surface area contributed by atoms with Crippen LogP contribution in [-0.4, -0.2) is 44.8 Å². The predicted octanol–water partition coefficient (Wildman–Crippen LogP) is 0.597. The van der Waals surface area contributed by atoms with Crippen molar-refractivity contribution in [1.29, 1.82) is 0 Å². The fraction of sp³-hybridized carbons (Fsp3) is 0.500. The number of hydrogen-bond acceptors (Lipinski definition) is 7. The van der Waals surface area contributed by atoms with E-state index < -0.39 is 20.6 Å². The van der Waals surface area contributed by atoms with Gasteiger partial charge in [-0.05, 0) is 0 Å². The Morgan fingerprint density at radius 1 is 1.53 bits per heavy atom. The maximum Gasteiger partial charge on any atom is 0.300 e. The summed E-state index contributed by atoms with van der Waals surface area (Å²) in [6.07, 6.45) is 0. The first-order valence-electron chi connectivity index (χ1n) is 5.00. The molecule has 2 N–H and O–H groups in total. The smallest absolute Gasteiger partial charge is 0.300 e. The lowest BCUT2D eigenvalue weighted by atomic mass is 10.6. The molecule has 1 rings (SSSR count). The molecule has 0 saturated carbocycles. The number of aliphatic hydroxyl groups is 1. The van der Waals surface area contributed by atoms with E-state index in [1.54, 1.807) is 0 Å². The molecule has 0 atom stereocenters. The maximum absolute atomic E-state index is 11.8. The van der Waals surface area contributed by atoms with Gasteiger partial charge in [-0.25, -0.2) is 13.1 Å². The summed E-state index contributed by atoms with van der Waals surface area (Å²) in [6.45, 7) is 0.0319. The highest BCUT2D eigenvalue weighted by molar-refractivity contribution is 7.91. The number of aliphatic hydroxyl groups excluding tert-OH is 1. The van der Waals surface area contributed by atoms with Crippen LogP contribution >= 0.6 is 22.9 Å². The Morgan fingerprint density at radius 3 is 2.74 bits per heavy atom. The van der Waals surface area contributed by atoms with Crippen molar-refractivity contribution in [3.05, 3.63) is 20.5 Å². The Bertz CT molecular complexity index is 543. The molecule has 0 unspecified atom stereocenters. The van der Waals surface area contributed by atoms with Crippen molar-refractivity contribution in [2.45, 2.75) is 4.21 Å². The van der Waals surface area contributed by atoms with Crippen LogP contribution in [-0.2, 0) is 14.8 Å². The summed E-state index contributed by atoms with van der Waals surface area (Å²) >= 11 is 6.19. The molecule has 1 heterocycles. The van der Waals surface area contributed by atoms with Gasteiger partial charge in [0.25, 0.3) is 5.69 Å². The van der Waals surface area contributed by atoms with Gasteiger partial charge in [-0.2, -0.15) is 0 Å². The molecule has 0 aliphatic rings. The zero-order valence-corrected chi connectivity index (χ0v) is 11.9. The number of sulfonamides is 1. The van der Waals surface area contributed by atoms with Crippen LogP contribution in [0.3, 0.4) is 0 Å². The lowest BCUT2D eigenvalue weighted by Gasteiger charge is -2.04. The molecule has 1 aromatic rings. The average molecular weight is 331 g/mol. The summed E-state index contributed by atoms with van der Waals surface area (Å²) in [5.74, 6) is 0. The highest BCUT2D eigenvalue weighted by atomic mass is 35.5. The quantitative estimate of drug-likeness (QED) is 0.409. The summed E-state index contributed by atoms with van der Waals surface area (Å²) in [5.41, 5.74) is -0.441. The molecular formula is C8H11ClN2O6S2. The van der Waals surface area contributed by atoms with Crippen LogP contribution in [0.5, 0.6) is 0 Å². The van der Waals surface area contributed by atoms with Crippen LogP contribution in [0.1, 0.15) is 0 Å². The van der Waals surface area contributed by atoms with Crippen LogP contribution in [0.25, 0.3) is 0 Å². The number of nitrogens with one attached hydrogen (secondary N) is 1. The number of ether oxygens (including phenoxy) is 1. The Morgan fingerprint density at radius 2 is 2.21 bits per heavy atom. The summed E-state index contributed by atoms with van der Waals surface area (Å²) in [6, 6.07) is 0.907. The first-order chi connectivity index (χ1) is 8.88. The van der Waals surface area contributed by atoms with Gasteiger partial charge in [0.05, 0.1) is 24.7 Å². The van der Waals surface area contributed by atoms with Gasteiger partial charge in [0.1, 0.15) is 4.21 Å². The first-order valence-corrected chi connectivity index (χ1v) is 7.68. The van der Waals surface area contributed by atoms with E-state index >= 15 is 0 Å². The molecule has 1 aromatic heterocycles. The summed E-state index contributed by atoms with van der Waals surface area (Å²) < 4.78 is 30.2. The van der Waals surface area contributed by atoms with Crippen molar-refractivity contribution in [1.82, 2.24) is 4.72 Å². The van der Waals surface area contributed by atoms with Crippen molar-refractivity contribution < 1.29 is 23.2 Å². The zero-order chi connectivity index (χ0) is 14.5. The van der Waals surface area contributed by atoms with Gasteiger partial charge in [0.15, 0.2) is 4.34 Å². The second kappa shape index (κ2) is 7.12. The van der Waals surface area contributed by atoms with Crippen molar-refractivity contribution in [3.8, 4) is 0 Å². The van der Waals surface area contributed by atoms with Gasteiger partial charge >= 0.3 is 0 Å². The third kappa shape index (κ3) is 4.67. The maximum atomic E-state index is 11.8. The number of nitrogens with zero attached hydrogens (tertiary/aromatic N) is 1. The lowest BCUT2D eigenvalue weighted by Crippen LogP contribution is -2.27. The number of thiophene rings is 1. The molecule has 0 aromatic carbocycles. The molecule has 0 fully saturated rings. The average Bonchev–Trinajstić information content (AvgIpc) is 2.72. The van der Waals surface area contributed by atoms with Crippen molar-refractivity contribution in [2.75, 3.05) is 26.4 Å². The summed E-state index contributed by atoms with van der Waals surface area (Å²) in [4.78, 5) is 9.82. The van der Waals surface area contributed by atoms with Crippen LogP contribution in [0.4, 0.5) is 5.69 Å². The van der Waals surface area contributed by atoms with E-state index in [2.05, 4.69) is 4.72 Å². The van der Waals surface area contributed by atoms with E-state index in [9.17, 15) is 18.5 Å². The van der Waals surface area contributed by atoms with E-state index in [4.69, 9.17) is 21.4 Å². The van der Waals surface area contributed by atoms with Crippen LogP contribution in [0.2, 0.25) is 4.34 Å². The molecule has 11 heteroatoms. The molecule has 0 aliphatic heterocycles. The summed E-state index contributed by atoms with van der Waals surface area (Å²) in [5, 5.41) is 19.0. The van der Waals surface area contributed by atoms with Gasteiger partial charge in [0.2, 0.25) is 10.0 Å². The van der Waals surface area contributed by atoms with Crippen molar-refractivity contribution >= 4 is 38.6 Å². The highest BCUT2D eigenvalue weighted by Gasteiger charge is 2.24. The number of halogens is 1. The zero-order valence-electron chi connectivity index (χ0n) is 9.54. The minimum Gasteiger partial charge on any atom is -0.394 e. The monoisotopic (exact) mass is 330 g/mol. The second-order valence-corrected chi connectivity index (χ2v) is 6.86. The predicted molar refractivity (Wildman–Crippen MR) is 69.1 cm³/mol. The highest BCUT2D eigenvalue weighted by Crippen LogP contribution is 2.35. The van der Waals surface area contributed by atoms with Gasteiger partial charge in [-0.15, -0.1) is 11.3 Å². The van der Waals surface area contributed by atoms with E-state index in [0.29, 0.717) is 11.3 Å². The largest absolute Gasteiger partial charge is 0.394 e. The lowest BCUT2D eigenvalue weighted by molar-refractivity contribution is -0.384. The SMILES string of the molecule is O=[N+]([O-])c1cc(S(=O)(=O)NCCOCCO)sc1Cl. The van der Waals surface area contributed by atoms with E-state index in [1.807, 2.05) is 0 Å². The Labute approximate surface area is 118 Å². The van der Waals surface area contributed by atoms with Gasteiger partial charge in [0, 0.05) is 12.6 Å². The van der Waals surface area contributed by atoms with Gasteiger partial charge < -0.3 is 9.84 Å². The molecule has 0 spiro atoms. The number of nitro groups is 1. The second-order valence-electron chi connectivity index (χ2n) is 3.22. The van der Waals surface area contributed by atoms with Gasteiger partial charge in [-0.3, -0.25) is 10.1 Å². The Kier molecular flexibility index (Phi) is 6.10. The van der Waals surface area contributed by atoms with Crippen LogP contribution < -0.4 is 4.72 Å². The third-order valence-corrected chi connectivity index (χ3v) is 5.15. The minimum atomic E-state index is -3.85. The molecule has 108 valence electrons. The first kappa shape index (κ1) is 16.3. The fourth-order valence-electron chi connectivity index (χ4n) is 1.08. The third-order valence-electron chi connectivity index (χ3n) is 1.88. The molecular weight excluding hydrogens is 320 g/mol. The molecule has 0 saturated heterocycles. The van der Waals surface area contributed by atoms with E-state index in [-0.39, 0.29) is 34.9 Å². The van der Waals surface area contributed by atoms with E-state index in [0.717, 1.165) is 6.07 Å². The van der Waals surface area contributed by atoms with Gasteiger partial charge in [-0.1, -0.05) is 11.6 Å². The number of hydrogen-bond donors (Lipinski definition) is 2. The Balaban J connectivity index is 2.67. The minimum absolute atomic E-state index is 0.00828. The van der Waals surface area contributed by atoms with Crippen molar-refractivity contribution in [3.63, 3.8) is 0 Å². The summed E-state index contributed by atoms with van der Waals surface area (Å²) in [7, 11) is -3.85.